The number of hydrogen-bond donors (Lipinski definition) is 0. The molecule has 6 heteroatoms. The number of benzene rings is 1. The molecular formula is C17H18BrN3O2. The second-order valence-electron chi connectivity index (χ2n) is 5.54. The third kappa shape index (κ3) is 4.51. The van der Waals surface area contributed by atoms with Gasteiger partial charge < -0.3 is 9.64 Å². The topological polar surface area (TPSA) is 55.3 Å². The fourth-order valence-corrected chi connectivity index (χ4v) is 2.82. The lowest BCUT2D eigenvalue weighted by molar-refractivity contribution is -0.130. The SMILES string of the molecule is O=C(CCc1ccccc1)N1CC[C@@H](Oc2ncc(Br)cn2)C1. The summed E-state index contributed by atoms with van der Waals surface area (Å²) in [6, 6.07) is 10.4. The van der Waals surface area contributed by atoms with Gasteiger partial charge >= 0.3 is 6.01 Å². The molecule has 0 bridgehead atoms. The molecule has 0 spiro atoms. The Morgan fingerprint density at radius 1 is 1.26 bits per heavy atom. The van der Waals surface area contributed by atoms with Crippen LogP contribution >= 0.6 is 15.9 Å². The van der Waals surface area contributed by atoms with Crippen molar-refractivity contribution in [2.24, 2.45) is 0 Å². The Bertz CT molecular complexity index is 649. The van der Waals surface area contributed by atoms with Crippen molar-refractivity contribution in [2.75, 3.05) is 13.1 Å². The molecular weight excluding hydrogens is 358 g/mol. The first-order valence-electron chi connectivity index (χ1n) is 7.66. The number of amides is 1. The van der Waals surface area contributed by atoms with E-state index in [-0.39, 0.29) is 12.0 Å². The van der Waals surface area contributed by atoms with Crippen molar-refractivity contribution in [3.05, 3.63) is 52.8 Å². The number of halogens is 1. The highest BCUT2D eigenvalue weighted by Gasteiger charge is 2.27. The molecule has 0 N–H and O–H groups in total. The Kier molecular flexibility index (Phi) is 5.23. The van der Waals surface area contributed by atoms with Gasteiger partial charge in [0, 0.05) is 31.8 Å². The molecule has 120 valence electrons. The average Bonchev–Trinajstić information content (AvgIpc) is 3.04. The van der Waals surface area contributed by atoms with Crippen LogP contribution in [0, 0.1) is 0 Å². The number of carbonyl (C=O) groups is 1. The molecule has 1 atom stereocenters. The van der Waals surface area contributed by atoms with Crippen molar-refractivity contribution in [3.63, 3.8) is 0 Å². The molecule has 3 rings (SSSR count). The number of ether oxygens (including phenoxy) is 1. The third-order valence-corrected chi connectivity index (χ3v) is 4.25. The second-order valence-corrected chi connectivity index (χ2v) is 6.45. The first-order chi connectivity index (χ1) is 11.2. The van der Waals surface area contributed by atoms with E-state index in [1.54, 1.807) is 12.4 Å². The molecule has 2 aromatic rings. The highest BCUT2D eigenvalue weighted by molar-refractivity contribution is 9.10. The van der Waals surface area contributed by atoms with Crippen molar-refractivity contribution in [3.8, 4) is 6.01 Å². The van der Waals surface area contributed by atoms with Gasteiger partial charge in [0.25, 0.3) is 0 Å². The van der Waals surface area contributed by atoms with E-state index < -0.39 is 0 Å². The molecule has 23 heavy (non-hydrogen) atoms. The fourth-order valence-electron chi connectivity index (χ4n) is 2.62. The van der Waals surface area contributed by atoms with E-state index in [9.17, 15) is 4.79 Å². The minimum Gasteiger partial charge on any atom is -0.458 e. The van der Waals surface area contributed by atoms with Crippen LogP contribution in [0.3, 0.4) is 0 Å². The Labute approximate surface area is 143 Å². The monoisotopic (exact) mass is 375 g/mol. The lowest BCUT2D eigenvalue weighted by Crippen LogP contribution is -2.31. The number of hydrogen-bond acceptors (Lipinski definition) is 4. The maximum Gasteiger partial charge on any atom is 0.316 e. The van der Waals surface area contributed by atoms with E-state index >= 15 is 0 Å². The van der Waals surface area contributed by atoms with E-state index in [2.05, 4.69) is 25.9 Å². The van der Waals surface area contributed by atoms with Crippen molar-refractivity contribution >= 4 is 21.8 Å². The minimum atomic E-state index is -0.0307. The van der Waals surface area contributed by atoms with Crippen LogP contribution in [0.5, 0.6) is 6.01 Å². The van der Waals surface area contributed by atoms with Crippen LogP contribution in [0.4, 0.5) is 0 Å². The van der Waals surface area contributed by atoms with E-state index in [0.29, 0.717) is 19.0 Å². The largest absolute Gasteiger partial charge is 0.458 e. The molecule has 1 aromatic heterocycles. The Hall–Kier alpha value is -1.95. The van der Waals surface area contributed by atoms with Crippen LogP contribution in [-0.2, 0) is 11.2 Å². The van der Waals surface area contributed by atoms with Crippen LogP contribution < -0.4 is 4.74 Å². The summed E-state index contributed by atoms with van der Waals surface area (Å²) in [6.07, 6.45) is 5.40. The highest BCUT2D eigenvalue weighted by atomic mass is 79.9. The number of aromatic nitrogens is 2. The zero-order valence-electron chi connectivity index (χ0n) is 12.7. The average molecular weight is 376 g/mol. The van der Waals surface area contributed by atoms with Gasteiger partial charge in [-0.1, -0.05) is 30.3 Å². The van der Waals surface area contributed by atoms with Crippen LogP contribution in [0.2, 0.25) is 0 Å². The van der Waals surface area contributed by atoms with Crippen molar-refractivity contribution in [2.45, 2.75) is 25.4 Å². The molecule has 5 nitrogen and oxygen atoms in total. The molecule has 0 aliphatic carbocycles. The first kappa shape index (κ1) is 15.9. The lowest BCUT2D eigenvalue weighted by atomic mass is 10.1. The maximum atomic E-state index is 12.3. The van der Waals surface area contributed by atoms with Gasteiger partial charge in [0.2, 0.25) is 5.91 Å². The van der Waals surface area contributed by atoms with Gasteiger partial charge in [-0.15, -0.1) is 0 Å². The number of likely N-dealkylation sites (tertiary alicyclic amines) is 1. The number of carbonyl (C=O) groups excluding carboxylic acids is 1. The third-order valence-electron chi connectivity index (χ3n) is 3.84. The first-order valence-corrected chi connectivity index (χ1v) is 8.46. The zero-order valence-corrected chi connectivity index (χ0v) is 14.3. The number of aryl methyl sites for hydroxylation is 1. The molecule has 0 unspecified atom stereocenters. The lowest BCUT2D eigenvalue weighted by Gasteiger charge is -2.16. The fraction of sp³-hybridized carbons (Fsp3) is 0.353. The van der Waals surface area contributed by atoms with E-state index in [0.717, 1.165) is 23.9 Å². The summed E-state index contributed by atoms with van der Waals surface area (Å²) in [5, 5.41) is 0. The van der Waals surface area contributed by atoms with Gasteiger partial charge in [-0.2, -0.15) is 0 Å². The predicted molar refractivity (Wildman–Crippen MR) is 90.1 cm³/mol. The predicted octanol–water partition coefficient (Wildman–Crippen LogP) is 2.85. The van der Waals surface area contributed by atoms with Crippen LogP contribution in [0.15, 0.2) is 47.2 Å². The van der Waals surface area contributed by atoms with Crippen molar-refractivity contribution < 1.29 is 9.53 Å². The van der Waals surface area contributed by atoms with Gasteiger partial charge in [0.05, 0.1) is 11.0 Å². The van der Waals surface area contributed by atoms with Crippen molar-refractivity contribution in [1.29, 1.82) is 0 Å². The summed E-state index contributed by atoms with van der Waals surface area (Å²) in [6.45, 7) is 1.34. The summed E-state index contributed by atoms with van der Waals surface area (Å²) in [5.41, 5.74) is 1.19. The molecule has 1 aliphatic heterocycles. The molecule has 0 saturated carbocycles. The summed E-state index contributed by atoms with van der Waals surface area (Å²) in [5.74, 6) is 0.177. The van der Waals surface area contributed by atoms with Gasteiger partial charge in [-0.25, -0.2) is 9.97 Å². The number of nitrogens with zero attached hydrogens (tertiary/aromatic N) is 3. The Morgan fingerprint density at radius 3 is 2.74 bits per heavy atom. The van der Waals surface area contributed by atoms with Gasteiger partial charge in [-0.3, -0.25) is 4.79 Å². The zero-order chi connectivity index (χ0) is 16.1. The summed E-state index contributed by atoms with van der Waals surface area (Å²) in [7, 11) is 0. The van der Waals surface area contributed by atoms with Gasteiger partial charge in [-0.05, 0) is 27.9 Å². The van der Waals surface area contributed by atoms with E-state index in [1.165, 1.54) is 5.56 Å². The molecule has 1 aliphatic rings. The quantitative estimate of drug-likeness (QED) is 0.805. The standard InChI is InChI=1S/C17H18BrN3O2/c18-14-10-19-17(20-11-14)23-15-8-9-21(12-15)16(22)7-6-13-4-2-1-3-5-13/h1-5,10-11,15H,6-9,12H2/t15-/m1/s1. The molecule has 0 radical (unpaired) electrons. The number of rotatable bonds is 5. The normalized spacial score (nSPS) is 17.3. The minimum absolute atomic E-state index is 0.0307. The molecule has 1 aromatic carbocycles. The van der Waals surface area contributed by atoms with E-state index in [1.807, 2.05) is 35.2 Å². The molecule has 1 fully saturated rings. The Balaban J connectivity index is 1.47. The summed E-state index contributed by atoms with van der Waals surface area (Å²) in [4.78, 5) is 22.4. The smallest absolute Gasteiger partial charge is 0.316 e. The van der Waals surface area contributed by atoms with Crippen LogP contribution in [0.1, 0.15) is 18.4 Å². The molecule has 2 heterocycles. The van der Waals surface area contributed by atoms with E-state index in [4.69, 9.17) is 4.74 Å². The maximum absolute atomic E-state index is 12.3. The molecule has 1 saturated heterocycles. The second kappa shape index (κ2) is 7.55. The highest BCUT2D eigenvalue weighted by Crippen LogP contribution is 2.17. The summed E-state index contributed by atoms with van der Waals surface area (Å²) < 4.78 is 6.55. The van der Waals surface area contributed by atoms with Gasteiger partial charge in [0.1, 0.15) is 6.10 Å². The van der Waals surface area contributed by atoms with Crippen LogP contribution in [-0.4, -0.2) is 40.0 Å². The van der Waals surface area contributed by atoms with Gasteiger partial charge in [0.15, 0.2) is 0 Å². The van der Waals surface area contributed by atoms with Crippen molar-refractivity contribution in [1.82, 2.24) is 14.9 Å². The summed E-state index contributed by atoms with van der Waals surface area (Å²) >= 11 is 3.29. The van der Waals surface area contributed by atoms with Crippen LogP contribution in [0.25, 0.3) is 0 Å². The Morgan fingerprint density at radius 2 is 2.00 bits per heavy atom. The molecule has 1 amide bonds.